The summed E-state index contributed by atoms with van der Waals surface area (Å²) in [6.45, 7) is 1.34. The van der Waals surface area contributed by atoms with Gasteiger partial charge >= 0.3 is 0 Å². The molecule has 0 saturated carbocycles. The van der Waals surface area contributed by atoms with Crippen LogP contribution in [0.25, 0.3) is 0 Å². The van der Waals surface area contributed by atoms with Crippen LogP contribution in [0.15, 0.2) is 0 Å². The van der Waals surface area contributed by atoms with Gasteiger partial charge in [-0.3, -0.25) is 0 Å². The van der Waals surface area contributed by atoms with Crippen molar-refractivity contribution in [3.8, 4) is 0 Å². The van der Waals surface area contributed by atoms with E-state index in [2.05, 4.69) is 0 Å². The molecule has 0 radical (unpaired) electrons. The second-order valence-electron chi connectivity index (χ2n) is 1.79. The maximum Gasteiger partial charge on any atom is 0.196 e. The van der Waals surface area contributed by atoms with Gasteiger partial charge in [0.1, 0.15) is 0 Å². The number of aliphatic hydroxyl groups excluding tert-OH is 1. The van der Waals surface area contributed by atoms with Crippen molar-refractivity contribution in [2.24, 2.45) is 0 Å². The molecule has 2 atom stereocenters. The second-order valence-corrected chi connectivity index (χ2v) is 1.79. The number of hydrogen-bond acceptors (Lipinski definition) is 1. The van der Waals surface area contributed by atoms with Gasteiger partial charge in [0, 0.05) is 6.42 Å². The molecular weight excluding hydrogens is 114 g/mol. The van der Waals surface area contributed by atoms with Crippen LogP contribution in [0.5, 0.6) is 0 Å². The molecule has 50 valence electrons. The van der Waals surface area contributed by atoms with Crippen molar-refractivity contribution in [3.63, 3.8) is 0 Å². The second kappa shape index (κ2) is 3.78. The summed E-state index contributed by atoms with van der Waals surface area (Å²) in [6, 6.07) is 0. The first-order chi connectivity index (χ1) is 3.63. The molecule has 1 N–H and O–H groups in total. The Morgan fingerprint density at radius 1 is 1.38 bits per heavy atom. The van der Waals surface area contributed by atoms with E-state index in [-0.39, 0.29) is 12.8 Å². The van der Waals surface area contributed by atoms with Crippen molar-refractivity contribution in [1.82, 2.24) is 0 Å². The highest BCUT2D eigenvalue weighted by molar-refractivity contribution is 4.47. The molecule has 0 rings (SSSR count). The van der Waals surface area contributed by atoms with E-state index >= 15 is 0 Å². The fraction of sp³-hybridized carbons (Fsp3) is 1.00. The van der Waals surface area contributed by atoms with Gasteiger partial charge in [0.15, 0.2) is 6.36 Å². The Labute approximate surface area is 47.3 Å². The standard InChI is InChI=1S/C5H10F2O/c1-4(6)2-3-5(7)8/h4-5,8H,2-3H2,1H3. The molecule has 0 saturated heterocycles. The van der Waals surface area contributed by atoms with Crippen LogP contribution in [-0.4, -0.2) is 17.6 Å². The Morgan fingerprint density at radius 2 is 1.88 bits per heavy atom. The lowest BCUT2D eigenvalue weighted by Gasteiger charge is -1.99. The van der Waals surface area contributed by atoms with E-state index in [1.165, 1.54) is 6.92 Å². The highest BCUT2D eigenvalue weighted by Crippen LogP contribution is 2.03. The molecule has 3 heteroatoms. The summed E-state index contributed by atoms with van der Waals surface area (Å²) in [5.74, 6) is 0. The van der Waals surface area contributed by atoms with Crippen LogP contribution in [0.4, 0.5) is 8.78 Å². The number of rotatable bonds is 3. The zero-order valence-corrected chi connectivity index (χ0v) is 4.77. The van der Waals surface area contributed by atoms with Crippen LogP contribution >= 0.6 is 0 Å². The average molecular weight is 124 g/mol. The van der Waals surface area contributed by atoms with E-state index in [0.29, 0.717) is 0 Å². The fourth-order valence-corrected chi connectivity index (χ4v) is 0.367. The first-order valence-corrected chi connectivity index (χ1v) is 2.59. The summed E-state index contributed by atoms with van der Waals surface area (Å²) in [5.41, 5.74) is 0. The molecular formula is C5H10F2O. The molecule has 0 amide bonds. The van der Waals surface area contributed by atoms with Gasteiger partial charge in [-0.15, -0.1) is 0 Å². The number of halogens is 2. The van der Waals surface area contributed by atoms with E-state index in [1.54, 1.807) is 0 Å². The van der Waals surface area contributed by atoms with Gasteiger partial charge in [0.05, 0.1) is 6.17 Å². The molecule has 0 fully saturated rings. The van der Waals surface area contributed by atoms with Crippen LogP contribution in [0.1, 0.15) is 19.8 Å². The van der Waals surface area contributed by atoms with E-state index in [1.807, 2.05) is 0 Å². The van der Waals surface area contributed by atoms with Crippen molar-refractivity contribution in [3.05, 3.63) is 0 Å². The Kier molecular flexibility index (Phi) is 3.69. The van der Waals surface area contributed by atoms with Gasteiger partial charge in [-0.25, -0.2) is 8.78 Å². The van der Waals surface area contributed by atoms with Crippen LogP contribution in [0.3, 0.4) is 0 Å². The van der Waals surface area contributed by atoms with Gasteiger partial charge in [0.2, 0.25) is 0 Å². The third kappa shape index (κ3) is 5.82. The first-order valence-electron chi connectivity index (χ1n) is 2.59. The maximum atomic E-state index is 11.8. The summed E-state index contributed by atoms with van der Waals surface area (Å²) in [4.78, 5) is 0. The minimum atomic E-state index is -1.85. The number of alkyl halides is 2. The first kappa shape index (κ1) is 7.82. The predicted octanol–water partition coefficient (Wildman–Crippen LogP) is 1.41. The highest BCUT2D eigenvalue weighted by Gasteiger charge is 2.02. The molecule has 2 unspecified atom stereocenters. The molecule has 0 heterocycles. The number of aliphatic hydroxyl groups is 1. The molecule has 0 aliphatic heterocycles. The van der Waals surface area contributed by atoms with E-state index in [9.17, 15) is 8.78 Å². The maximum absolute atomic E-state index is 11.8. The van der Waals surface area contributed by atoms with Crippen molar-refractivity contribution in [2.75, 3.05) is 0 Å². The zero-order chi connectivity index (χ0) is 6.57. The quantitative estimate of drug-likeness (QED) is 0.603. The molecule has 0 spiro atoms. The highest BCUT2D eigenvalue weighted by atomic mass is 19.1. The van der Waals surface area contributed by atoms with Gasteiger partial charge < -0.3 is 5.11 Å². The summed E-state index contributed by atoms with van der Waals surface area (Å²) in [7, 11) is 0. The van der Waals surface area contributed by atoms with E-state index in [4.69, 9.17) is 5.11 Å². The largest absolute Gasteiger partial charge is 0.364 e. The third-order valence-corrected chi connectivity index (χ3v) is 0.803. The Morgan fingerprint density at radius 3 is 2.00 bits per heavy atom. The van der Waals surface area contributed by atoms with E-state index < -0.39 is 12.5 Å². The fourth-order valence-electron chi connectivity index (χ4n) is 0.367. The van der Waals surface area contributed by atoms with E-state index in [0.717, 1.165) is 0 Å². The van der Waals surface area contributed by atoms with Crippen molar-refractivity contribution in [1.29, 1.82) is 0 Å². The topological polar surface area (TPSA) is 20.2 Å². The van der Waals surface area contributed by atoms with Crippen LogP contribution in [0.2, 0.25) is 0 Å². The molecule has 0 aromatic heterocycles. The third-order valence-electron chi connectivity index (χ3n) is 0.803. The Hall–Kier alpha value is -0.180. The molecule has 0 aliphatic rings. The van der Waals surface area contributed by atoms with Crippen molar-refractivity contribution < 1.29 is 13.9 Å². The molecule has 0 aliphatic carbocycles. The summed E-state index contributed by atoms with van der Waals surface area (Å²) >= 11 is 0. The Bertz CT molecular complexity index is 46.4. The van der Waals surface area contributed by atoms with Crippen LogP contribution in [-0.2, 0) is 0 Å². The lowest BCUT2D eigenvalue weighted by molar-refractivity contribution is 0.0277. The molecule has 0 aromatic rings. The lowest BCUT2D eigenvalue weighted by atomic mass is 10.2. The normalized spacial score (nSPS) is 18.0. The molecule has 8 heavy (non-hydrogen) atoms. The summed E-state index contributed by atoms with van der Waals surface area (Å²) in [6.07, 6.45) is -2.87. The Balaban J connectivity index is 2.93. The number of hydrogen-bond donors (Lipinski definition) is 1. The van der Waals surface area contributed by atoms with Gasteiger partial charge in [-0.2, -0.15) is 0 Å². The SMILES string of the molecule is CC(F)CCC(O)F. The summed E-state index contributed by atoms with van der Waals surface area (Å²) < 4.78 is 23.2. The zero-order valence-electron chi connectivity index (χ0n) is 4.77. The smallest absolute Gasteiger partial charge is 0.196 e. The minimum Gasteiger partial charge on any atom is -0.364 e. The van der Waals surface area contributed by atoms with Gasteiger partial charge in [-0.05, 0) is 13.3 Å². The molecule has 1 nitrogen and oxygen atoms in total. The lowest BCUT2D eigenvalue weighted by Crippen LogP contribution is -2.01. The van der Waals surface area contributed by atoms with Crippen LogP contribution in [0, 0.1) is 0 Å². The van der Waals surface area contributed by atoms with Gasteiger partial charge in [0.25, 0.3) is 0 Å². The minimum absolute atomic E-state index is 0.0949. The van der Waals surface area contributed by atoms with Crippen molar-refractivity contribution in [2.45, 2.75) is 32.3 Å². The summed E-state index contributed by atoms with van der Waals surface area (Å²) in [5, 5.41) is 7.97. The predicted molar refractivity (Wildman–Crippen MR) is 26.9 cm³/mol. The van der Waals surface area contributed by atoms with Crippen LogP contribution < -0.4 is 0 Å². The molecule has 0 aromatic carbocycles. The monoisotopic (exact) mass is 124 g/mol. The van der Waals surface area contributed by atoms with Crippen molar-refractivity contribution >= 4 is 0 Å². The average Bonchev–Trinajstić information content (AvgIpc) is 1.61. The molecule has 0 bridgehead atoms. The van der Waals surface area contributed by atoms with Gasteiger partial charge in [-0.1, -0.05) is 0 Å².